The summed E-state index contributed by atoms with van der Waals surface area (Å²) >= 11 is 0. The van der Waals surface area contributed by atoms with Crippen LogP contribution in [0.5, 0.6) is 0 Å². The molecule has 19 heavy (non-hydrogen) atoms. The Morgan fingerprint density at radius 3 is 2.89 bits per heavy atom. The van der Waals surface area contributed by atoms with E-state index >= 15 is 0 Å². The molecule has 5 nitrogen and oxygen atoms in total. The number of ether oxygens (including phenoxy) is 1. The lowest BCUT2D eigenvalue weighted by molar-refractivity contribution is -0.120. The summed E-state index contributed by atoms with van der Waals surface area (Å²) < 4.78 is 18.0. The molecule has 1 fully saturated rings. The van der Waals surface area contributed by atoms with Gasteiger partial charge in [-0.25, -0.2) is 4.39 Å². The van der Waals surface area contributed by atoms with Gasteiger partial charge in [0.15, 0.2) is 0 Å². The molecule has 1 amide bonds. The average Bonchev–Trinajstić information content (AvgIpc) is 2.41. The van der Waals surface area contributed by atoms with E-state index in [4.69, 9.17) is 9.84 Å². The number of morpholine rings is 1. The van der Waals surface area contributed by atoms with Crippen molar-refractivity contribution in [2.75, 3.05) is 38.2 Å². The van der Waals surface area contributed by atoms with Gasteiger partial charge in [-0.3, -0.25) is 9.69 Å². The normalized spacial score (nSPS) is 20.2. The number of aliphatic hydroxyl groups excluding tert-OH is 1. The Hall–Kier alpha value is -1.50. The lowest BCUT2D eigenvalue weighted by atomic mass is 10.2. The van der Waals surface area contributed by atoms with Crippen molar-refractivity contribution >= 4 is 11.6 Å². The van der Waals surface area contributed by atoms with Crippen molar-refractivity contribution in [3.8, 4) is 0 Å². The molecular formula is C13H17FN2O3. The summed E-state index contributed by atoms with van der Waals surface area (Å²) in [5, 5.41) is 11.7. The summed E-state index contributed by atoms with van der Waals surface area (Å²) in [5.41, 5.74) is 0.568. The van der Waals surface area contributed by atoms with Gasteiger partial charge in [0, 0.05) is 18.8 Å². The van der Waals surface area contributed by atoms with Crippen molar-refractivity contribution in [1.82, 2.24) is 4.90 Å². The predicted octanol–water partition coefficient (Wildman–Crippen LogP) is 0.457. The predicted molar refractivity (Wildman–Crippen MR) is 68.3 cm³/mol. The smallest absolute Gasteiger partial charge is 0.238 e. The van der Waals surface area contributed by atoms with Crippen LogP contribution in [-0.4, -0.2) is 54.9 Å². The first kappa shape index (κ1) is 13.9. The largest absolute Gasteiger partial charge is 0.394 e. The second-order valence-corrected chi connectivity index (χ2v) is 4.47. The summed E-state index contributed by atoms with van der Waals surface area (Å²) in [4.78, 5) is 13.7. The molecule has 1 aliphatic rings. The summed E-state index contributed by atoms with van der Waals surface area (Å²) in [5.74, 6) is -0.498. The van der Waals surface area contributed by atoms with Gasteiger partial charge in [-0.05, 0) is 24.3 Å². The minimum absolute atomic E-state index is 0.0456. The van der Waals surface area contributed by atoms with Crippen molar-refractivity contribution in [1.29, 1.82) is 0 Å². The fourth-order valence-corrected chi connectivity index (χ4v) is 1.97. The number of nitrogens with zero attached hydrogens (tertiary/aromatic N) is 1. The molecule has 1 aromatic rings. The Morgan fingerprint density at radius 1 is 1.47 bits per heavy atom. The SMILES string of the molecule is O=C(CN1CCOC(CO)C1)Nc1ccc(F)cc1. The van der Waals surface area contributed by atoms with Crippen LogP contribution in [-0.2, 0) is 9.53 Å². The van der Waals surface area contributed by atoms with Gasteiger partial charge in [-0.2, -0.15) is 0 Å². The number of anilines is 1. The Morgan fingerprint density at radius 2 is 2.21 bits per heavy atom. The molecule has 1 saturated heterocycles. The van der Waals surface area contributed by atoms with Crippen LogP contribution < -0.4 is 5.32 Å². The van der Waals surface area contributed by atoms with E-state index in [1.807, 2.05) is 4.90 Å². The summed E-state index contributed by atoms with van der Waals surface area (Å²) in [6.07, 6.45) is -0.229. The van der Waals surface area contributed by atoms with Gasteiger partial charge >= 0.3 is 0 Å². The third-order valence-electron chi connectivity index (χ3n) is 2.92. The number of halogens is 1. The van der Waals surface area contributed by atoms with Crippen molar-refractivity contribution in [2.45, 2.75) is 6.10 Å². The number of amides is 1. The van der Waals surface area contributed by atoms with E-state index in [-0.39, 0.29) is 31.0 Å². The lowest BCUT2D eigenvalue weighted by Gasteiger charge is -2.31. The van der Waals surface area contributed by atoms with Crippen LogP contribution in [0.1, 0.15) is 0 Å². The third-order valence-corrected chi connectivity index (χ3v) is 2.92. The maximum Gasteiger partial charge on any atom is 0.238 e. The first-order chi connectivity index (χ1) is 9.17. The van der Waals surface area contributed by atoms with E-state index < -0.39 is 0 Å². The molecule has 0 bridgehead atoms. The Kier molecular flexibility index (Phi) is 4.84. The van der Waals surface area contributed by atoms with Crippen molar-refractivity contribution < 1.29 is 19.0 Å². The standard InChI is InChI=1S/C13H17FN2O3/c14-10-1-3-11(4-2-10)15-13(18)8-16-5-6-19-12(7-16)9-17/h1-4,12,17H,5-9H2,(H,15,18). The van der Waals surface area contributed by atoms with E-state index in [2.05, 4.69) is 5.32 Å². The fraction of sp³-hybridized carbons (Fsp3) is 0.462. The maximum atomic E-state index is 12.7. The lowest BCUT2D eigenvalue weighted by Crippen LogP contribution is -2.46. The van der Waals surface area contributed by atoms with Crippen molar-refractivity contribution in [3.05, 3.63) is 30.1 Å². The van der Waals surface area contributed by atoms with Gasteiger partial charge in [0.1, 0.15) is 5.82 Å². The fourth-order valence-electron chi connectivity index (χ4n) is 1.97. The molecule has 2 rings (SSSR count). The highest BCUT2D eigenvalue weighted by Crippen LogP contribution is 2.09. The quantitative estimate of drug-likeness (QED) is 0.832. The number of rotatable bonds is 4. The minimum Gasteiger partial charge on any atom is -0.394 e. The second kappa shape index (κ2) is 6.60. The van der Waals surface area contributed by atoms with Gasteiger partial charge in [-0.1, -0.05) is 0 Å². The highest BCUT2D eigenvalue weighted by molar-refractivity contribution is 5.92. The molecule has 0 saturated carbocycles. The molecule has 1 aromatic carbocycles. The van der Waals surface area contributed by atoms with E-state index in [9.17, 15) is 9.18 Å². The minimum atomic E-state index is -0.336. The Labute approximate surface area is 111 Å². The average molecular weight is 268 g/mol. The molecule has 1 atom stereocenters. The zero-order valence-corrected chi connectivity index (χ0v) is 10.5. The maximum absolute atomic E-state index is 12.7. The number of carbonyl (C=O) groups is 1. The number of carbonyl (C=O) groups excluding carboxylic acids is 1. The number of nitrogens with one attached hydrogen (secondary N) is 1. The zero-order chi connectivity index (χ0) is 13.7. The molecule has 0 spiro atoms. The number of aliphatic hydroxyl groups is 1. The second-order valence-electron chi connectivity index (χ2n) is 4.47. The van der Waals surface area contributed by atoms with Crippen LogP contribution >= 0.6 is 0 Å². The van der Waals surface area contributed by atoms with Crippen LogP contribution in [0.15, 0.2) is 24.3 Å². The van der Waals surface area contributed by atoms with Crippen LogP contribution in [0, 0.1) is 5.82 Å². The molecule has 2 N–H and O–H groups in total. The topological polar surface area (TPSA) is 61.8 Å². The van der Waals surface area contributed by atoms with Gasteiger partial charge in [-0.15, -0.1) is 0 Å². The van der Waals surface area contributed by atoms with Gasteiger partial charge in [0.2, 0.25) is 5.91 Å². The molecular weight excluding hydrogens is 251 g/mol. The van der Waals surface area contributed by atoms with Crippen molar-refractivity contribution in [2.24, 2.45) is 0 Å². The molecule has 0 aliphatic carbocycles. The molecule has 0 radical (unpaired) electrons. The van der Waals surface area contributed by atoms with E-state index in [1.165, 1.54) is 24.3 Å². The van der Waals surface area contributed by atoms with E-state index in [1.54, 1.807) is 0 Å². The van der Waals surface area contributed by atoms with Crippen molar-refractivity contribution in [3.63, 3.8) is 0 Å². The van der Waals surface area contributed by atoms with Gasteiger partial charge in [0.25, 0.3) is 0 Å². The van der Waals surface area contributed by atoms with Gasteiger partial charge < -0.3 is 15.2 Å². The number of benzene rings is 1. The molecule has 6 heteroatoms. The summed E-state index contributed by atoms with van der Waals surface area (Å²) in [7, 11) is 0. The third kappa shape index (κ3) is 4.27. The highest BCUT2D eigenvalue weighted by atomic mass is 19.1. The monoisotopic (exact) mass is 268 g/mol. The first-order valence-corrected chi connectivity index (χ1v) is 6.17. The van der Waals surface area contributed by atoms with Crippen LogP contribution in [0.2, 0.25) is 0 Å². The molecule has 1 unspecified atom stereocenters. The van der Waals surface area contributed by atoms with Crippen LogP contribution in [0.4, 0.5) is 10.1 Å². The van der Waals surface area contributed by atoms with Crippen LogP contribution in [0.3, 0.4) is 0 Å². The number of hydrogen-bond donors (Lipinski definition) is 2. The molecule has 0 aromatic heterocycles. The zero-order valence-electron chi connectivity index (χ0n) is 10.5. The van der Waals surface area contributed by atoms with Crippen LogP contribution in [0.25, 0.3) is 0 Å². The summed E-state index contributed by atoms with van der Waals surface area (Å²) in [6, 6.07) is 5.63. The highest BCUT2D eigenvalue weighted by Gasteiger charge is 2.21. The molecule has 1 heterocycles. The van der Waals surface area contributed by atoms with Gasteiger partial charge in [0.05, 0.1) is 25.9 Å². The van der Waals surface area contributed by atoms with E-state index in [0.717, 1.165) is 0 Å². The Balaban J connectivity index is 1.82. The Bertz CT molecular complexity index is 424. The molecule has 104 valence electrons. The first-order valence-electron chi connectivity index (χ1n) is 6.17. The number of hydrogen-bond acceptors (Lipinski definition) is 4. The molecule has 1 aliphatic heterocycles. The van der Waals surface area contributed by atoms with E-state index in [0.29, 0.717) is 25.4 Å². The summed E-state index contributed by atoms with van der Waals surface area (Å²) in [6.45, 7) is 1.89.